The minimum absolute atomic E-state index is 0.0382. The zero-order valence-electron chi connectivity index (χ0n) is 28.1. The SMILES string of the molecule is CC1COC(Cn2cncn2)(c2ccc(Oc3ccc(Cl)cc3)cc2Cl)O1.CCC/C(=N\OCC)C1=C(O)CC(C2CCCSC2)CC1=O. The van der Waals surface area contributed by atoms with E-state index in [1.807, 2.05) is 44.7 Å². The summed E-state index contributed by atoms with van der Waals surface area (Å²) in [5.41, 5.74) is 1.76. The molecule has 2 fully saturated rings. The maximum absolute atomic E-state index is 12.6. The zero-order chi connectivity index (χ0) is 34.8. The molecule has 10 nitrogen and oxygen atoms in total. The van der Waals surface area contributed by atoms with Crippen LogP contribution in [0.4, 0.5) is 0 Å². The number of ketones is 1. The number of aliphatic hydroxyl groups is 1. The monoisotopic (exact) mass is 730 g/mol. The van der Waals surface area contributed by atoms with Crippen LogP contribution in [0.25, 0.3) is 0 Å². The lowest BCUT2D eigenvalue weighted by atomic mass is 9.76. The van der Waals surface area contributed by atoms with Crippen molar-refractivity contribution in [3.05, 3.63) is 82.1 Å². The second-order valence-corrected chi connectivity index (χ2v) is 14.4. The van der Waals surface area contributed by atoms with E-state index in [1.54, 1.807) is 41.3 Å². The lowest BCUT2D eigenvalue weighted by Crippen LogP contribution is -2.34. The summed E-state index contributed by atoms with van der Waals surface area (Å²) >= 11 is 14.4. The molecule has 49 heavy (non-hydrogen) atoms. The number of Topliss-reactive ketones (excluding diaryl/α,β-unsaturated/α-hetero) is 1. The van der Waals surface area contributed by atoms with E-state index >= 15 is 0 Å². The van der Waals surface area contributed by atoms with Crippen molar-refractivity contribution in [2.24, 2.45) is 17.0 Å². The molecular formula is C36H44Cl2N4O6S. The van der Waals surface area contributed by atoms with E-state index in [0.29, 0.717) is 89.2 Å². The van der Waals surface area contributed by atoms with Gasteiger partial charge in [-0.2, -0.15) is 16.9 Å². The van der Waals surface area contributed by atoms with Gasteiger partial charge in [-0.3, -0.25) is 4.79 Å². The van der Waals surface area contributed by atoms with E-state index < -0.39 is 5.79 Å². The largest absolute Gasteiger partial charge is 0.511 e. The number of carbonyl (C=O) groups excluding carboxylic acids is 1. The Bertz CT molecular complexity index is 1600. The first-order chi connectivity index (χ1) is 23.7. The summed E-state index contributed by atoms with van der Waals surface area (Å²) in [5, 5.41) is 19.8. The number of ether oxygens (including phenoxy) is 3. The highest BCUT2D eigenvalue weighted by molar-refractivity contribution is 7.99. The molecule has 0 bridgehead atoms. The molecule has 0 radical (unpaired) electrons. The first-order valence-corrected chi connectivity index (χ1v) is 18.7. The molecule has 2 aromatic carbocycles. The highest BCUT2D eigenvalue weighted by atomic mass is 35.5. The zero-order valence-corrected chi connectivity index (χ0v) is 30.5. The van der Waals surface area contributed by atoms with Crippen LogP contribution in [0.5, 0.6) is 11.5 Å². The van der Waals surface area contributed by atoms with Crippen molar-refractivity contribution in [2.75, 3.05) is 24.7 Å². The number of oxime groups is 1. The van der Waals surface area contributed by atoms with Gasteiger partial charge in [-0.15, -0.1) is 0 Å². The van der Waals surface area contributed by atoms with Crippen LogP contribution >= 0.6 is 35.0 Å². The van der Waals surface area contributed by atoms with E-state index in [-0.39, 0.29) is 17.6 Å². The molecule has 0 amide bonds. The summed E-state index contributed by atoms with van der Waals surface area (Å²) in [7, 11) is 0. The summed E-state index contributed by atoms with van der Waals surface area (Å²) < 4.78 is 19.6. The number of carbonyl (C=O) groups is 1. The number of thioether (sulfide) groups is 1. The highest BCUT2D eigenvalue weighted by Gasteiger charge is 2.44. The van der Waals surface area contributed by atoms with Crippen LogP contribution in [0.15, 0.2) is 71.6 Å². The van der Waals surface area contributed by atoms with Crippen molar-refractivity contribution in [3.8, 4) is 11.5 Å². The molecule has 6 rings (SSSR count). The van der Waals surface area contributed by atoms with Gasteiger partial charge < -0.3 is 24.2 Å². The number of hydrogen-bond donors (Lipinski definition) is 1. The van der Waals surface area contributed by atoms with E-state index in [2.05, 4.69) is 15.2 Å². The van der Waals surface area contributed by atoms with Crippen LogP contribution in [-0.2, 0) is 31.4 Å². The smallest absolute Gasteiger partial charge is 0.217 e. The molecule has 2 saturated heterocycles. The van der Waals surface area contributed by atoms with Gasteiger partial charge in [0.05, 0.1) is 29.0 Å². The lowest BCUT2D eigenvalue weighted by molar-refractivity contribution is -0.186. The number of allylic oxidation sites excluding steroid dienone is 2. The Kier molecular flexibility index (Phi) is 13.4. The second kappa shape index (κ2) is 17.7. The Morgan fingerprint density at radius 1 is 1.14 bits per heavy atom. The molecule has 0 spiro atoms. The van der Waals surface area contributed by atoms with Crippen LogP contribution in [0.3, 0.4) is 0 Å². The van der Waals surface area contributed by atoms with E-state index in [4.69, 9.17) is 42.3 Å². The summed E-state index contributed by atoms with van der Waals surface area (Å²) in [6.45, 7) is 7.13. The van der Waals surface area contributed by atoms with Gasteiger partial charge in [-0.25, -0.2) is 9.67 Å². The van der Waals surface area contributed by atoms with Gasteiger partial charge >= 0.3 is 0 Å². The summed E-state index contributed by atoms with van der Waals surface area (Å²) in [6.07, 6.45) is 8.12. The number of aromatic nitrogens is 3. The van der Waals surface area contributed by atoms with Crippen LogP contribution in [-0.4, -0.2) is 62.2 Å². The topological polar surface area (TPSA) is 117 Å². The molecule has 13 heteroatoms. The van der Waals surface area contributed by atoms with Crippen LogP contribution in [0, 0.1) is 11.8 Å². The van der Waals surface area contributed by atoms with Gasteiger partial charge in [0.15, 0.2) is 5.78 Å². The van der Waals surface area contributed by atoms with Gasteiger partial charge in [-0.1, -0.05) is 41.7 Å². The molecule has 3 aromatic rings. The molecule has 4 unspecified atom stereocenters. The van der Waals surface area contributed by atoms with E-state index in [1.165, 1.54) is 24.9 Å². The van der Waals surface area contributed by atoms with Gasteiger partial charge in [-0.05, 0) is 98.9 Å². The van der Waals surface area contributed by atoms with Crippen molar-refractivity contribution >= 4 is 46.5 Å². The average molecular weight is 732 g/mol. The number of halogens is 2. The molecule has 264 valence electrons. The Morgan fingerprint density at radius 3 is 2.55 bits per heavy atom. The third-order valence-electron chi connectivity index (χ3n) is 8.59. The van der Waals surface area contributed by atoms with Crippen molar-refractivity contribution in [2.45, 2.75) is 77.7 Å². The standard InChI is InChI=1S/C19H17Cl2N3O3.C17H27NO3S/c1-13-9-25-19(27-13,10-24-12-22-11-23-24)17-7-6-16(8-18(17)21)26-15-4-2-14(20)3-5-15;1-3-6-14(18-21-4-2)17-15(19)9-13(10-16(17)20)12-7-5-8-22-11-12/h2-8,11-13H,9-10H2,1H3;12-13,19H,3-11H2,1-2H3/b;18-14+. The van der Waals surface area contributed by atoms with Gasteiger partial charge in [0.1, 0.15) is 43.1 Å². The number of benzene rings is 2. The average Bonchev–Trinajstić information content (AvgIpc) is 3.74. The van der Waals surface area contributed by atoms with Crippen LogP contribution in [0.1, 0.15) is 64.9 Å². The van der Waals surface area contributed by atoms with Gasteiger partial charge in [0.2, 0.25) is 5.79 Å². The number of aliphatic hydroxyl groups excluding tert-OH is 1. The second-order valence-electron chi connectivity index (χ2n) is 12.4. The fourth-order valence-corrected chi connectivity index (χ4v) is 8.03. The first-order valence-electron chi connectivity index (χ1n) is 16.8. The molecule has 1 N–H and O–H groups in total. The third kappa shape index (κ3) is 9.79. The Hall–Kier alpha value is -3.09. The minimum atomic E-state index is -1.02. The fourth-order valence-electron chi connectivity index (χ4n) is 6.31. The van der Waals surface area contributed by atoms with E-state index in [9.17, 15) is 9.90 Å². The minimum Gasteiger partial charge on any atom is -0.511 e. The molecule has 3 heterocycles. The number of nitrogens with zero attached hydrogens (tertiary/aromatic N) is 4. The molecule has 3 aliphatic rings. The van der Waals surface area contributed by atoms with Gasteiger partial charge in [0.25, 0.3) is 0 Å². The quantitative estimate of drug-likeness (QED) is 0.153. The third-order valence-corrected chi connectivity index (χ3v) is 10.4. The normalized spacial score (nSPS) is 24.4. The summed E-state index contributed by atoms with van der Waals surface area (Å²) in [6, 6.07) is 12.5. The highest BCUT2D eigenvalue weighted by Crippen LogP contribution is 2.41. The fraction of sp³-hybridized carbons (Fsp3) is 0.500. The van der Waals surface area contributed by atoms with Crippen molar-refractivity contribution in [1.29, 1.82) is 0 Å². The number of rotatable bonds is 11. The van der Waals surface area contributed by atoms with Crippen molar-refractivity contribution in [3.63, 3.8) is 0 Å². The van der Waals surface area contributed by atoms with Crippen molar-refractivity contribution in [1.82, 2.24) is 14.8 Å². The maximum Gasteiger partial charge on any atom is 0.217 e. The first kappa shape index (κ1) is 37.2. The predicted molar refractivity (Wildman–Crippen MR) is 193 cm³/mol. The van der Waals surface area contributed by atoms with Crippen LogP contribution in [0.2, 0.25) is 10.0 Å². The summed E-state index contributed by atoms with van der Waals surface area (Å²) in [5.74, 6) is 3.71. The molecular weight excluding hydrogens is 687 g/mol. The number of hydrogen-bond acceptors (Lipinski definition) is 10. The Labute approximate surface area is 302 Å². The molecule has 2 aliphatic heterocycles. The summed E-state index contributed by atoms with van der Waals surface area (Å²) in [4.78, 5) is 21.7. The van der Waals surface area contributed by atoms with Crippen molar-refractivity contribution < 1.29 is 28.9 Å². The van der Waals surface area contributed by atoms with Crippen LogP contribution < -0.4 is 4.74 Å². The molecule has 1 aromatic heterocycles. The molecule has 0 saturated carbocycles. The molecule has 1 aliphatic carbocycles. The maximum atomic E-state index is 12.6. The lowest BCUT2D eigenvalue weighted by Gasteiger charge is -2.32. The Balaban J connectivity index is 0.000000196. The Morgan fingerprint density at radius 2 is 1.94 bits per heavy atom. The van der Waals surface area contributed by atoms with Gasteiger partial charge in [0, 0.05) is 23.4 Å². The molecule has 4 atom stereocenters. The van der Waals surface area contributed by atoms with E-state index in [0.717, 1.165) is 12.2 Å². The predicted octanol–water partition coefficient (Wildman–Crippen LogP) is 8.78.